The van der Waals surface area contributed by atoms with Crippen molar-refractivity contribution in [3.8, 4) is 11.5 Å². The van der Waals surface area contributed by atoms with Crippen molar-refractivity contribution in [2.24, 2.45) is 0 Å². The number of fused-ring (bicyclic) bond motifs is 1. The monoisotopic (exact) mass is 317 g/mol. The Bertz CT molecular complexity index is 740. The molecule has 2 N–H and O–H groups in total. The lowest BCUT2D eigenvalue weighted by molar-refractivity contribution is -0.137. The van der Waals surface area contributed by atoms with Crippen LogP contribution in [0.5, 0.6) is 11.5 Å². The minimum Gasteiger partial charge on any atom is -0.486 e. The van der Waals surface area contributed by atoms with Crippen molar-refractivity contribution in [1.29, 1.82) is 0 Å². The summed E-state index contributed by atoms with van der Waals surface area (Å²) >= 11 is 0. The fraction of sp³-hybridized carbons (Fsp3) is 0.267. The number of aryl methyl sites for hydroxylation is 1. The number of carbonyl (C=O) groups excluding carboxylic acids is 1. The summed E-state index contributed by atoms with van der Waals surface area (Å²) in [5.41, 5.74) is 0.853. The number of rotatable bonds is 5. The summed E-state index contributed by atoms with van der Waals surface area (Å²) in [6.07, 6.45) is 1.35. The second-order valence-corrected chi connectivity index (χ2v) is 4.90. The van der Waals surface area contributed by atoms with Crippen LogP contribution in [0.15, 0.2) is 30.5 Å². The quantitative estimate of drug-likeness (QED) is 0.863. The van der Waals surface area contributed by atoms with Crippen LogP contribution in [0.4, 0.5) is 5.69 Å². The maximum absolute atomic E-state index is 12.3. The Kier molecular flexibility index (Phi) is 4.13. The fourth-order valence-corrected chi connectivity index (χ4v) is 2.22. The van der Waals surface area contributed by atoms with Gasteiger partial charge in [-0.1, -0.05) is 0 Å². The molecule has 1 aromatic heterocycles. The number of nitrogens with one attached hydrogen (secondary N) is 1. The van der Waals surface area contributed by atoms with Gasteiger partial charge >= 0.3 is 5.97 Å². The average Bonchev–Trinajstić information content (AvgIpc) is 3.01. The Balaban J connectivity index is 1.72. The van der Waals surface area contributed by atoms with Crippen LogP contribution in [0.25, 0.3) is 0 Å². The summed E-state index contributed by atoms with van der Waals surface area (Å²) in [5, 5.41) is 15.4. The van der Waals surface area contributed by atoms with Gasteiger partial charge in [0.1, 0.15) is 18.9 Å². The van der Waals surface area contributed by atoms with Gasteiger partial charge in [0, 0.05) is 18.0 Å². The Labute approximate surface area is 131 Å². The van der Waals surface area contributed by atoms with Crippen molar-refractivity contribution in [1.82, 2.24) is 9.78 Å². The van der Waals surface area contributed by atoms with Crippen LogP contribution in [0.1, 0.15) is 16.9 Å². The van der Waals surface area contributed by atoms with Crippen LogP contribution in [-0.4, -0.2) is 40.0 Å². The van der Waals surface area contributed by atoms with E-state index < -0.39 is 5.97 Å². The fourth-order valence-electron chi connectivity index (χ4n) is 2.22. The summed E-state index contributed by atoms with van der Waals surface area (Å²) in [5.74, 6) is -0.0996. The molecule has 1 aliphatic heterocycles. The topological polar surface area (TPSA) is 103 Å². The number of aromatic nitrogens is 2. The number of carbonyl (C=O) groups is 2. The molecule has 0 unspecified atom stereocenters. The van der Waals surface area contributed by atoms with Crippen molar-refractivity contribution in [2.45, 2.75) is 13.0 Å². The molecule has 0 saturated carbocycles. The first-order chi connectivity index (χ1) is 11.1. The predicted octanol–water partition coefficient (Wildman–Crippen LogP) is 1.38. The van der Waals surface area contributed by atoms with E-state index in [1.807, 2.05) is 0 Å². The van der Waals surface area contributed by atoms with Crippen LogP contribution < -0.4 is 14.8 Å². The summed E-state index contributed by atoms with van der Waals surface area (Å²) in [7, 11) is 0. The van der Waals surface area contributed by atoms with Gasteiger partial charge in [-0.05, 0) is 18.2 Å². The summed E-state index contributed by atoms with van der Waals surface area (Å²) in [4.78, 5) is 23.0. The molecular weight excluding hydrogens is 302 g/mol. The standard InChI is InChI=1S/C15H15N3O5/c19-14(20)4-6-18-11(3-5-16-18)15(21)17-10-1-2-12-13(9-10)23-8-7-22-12/h1-3,5,9H,4,6-8H2,(H,17,21)(H,19,20). The van der Waals surface area contributed by atoms with Gasteiger partial charge in [-0.2, -0.15) is 5.10 Å². The Hall–Kier alpha value is -3.03. The van der Waals surface area contributed by atoms with Crippen LogP contribution in [0.2, 0.25) is 0 Å². The van der Waals surface area contributed by atoms with E-state index in [0.717, 1.165) is 0 Å². The van der Waals surface area contributed by atoms with E-state index in [1.54, 1.807) is 18.2 Å². The molecule has 0 spiro atoms. The molecule has 0 bridgehead atoms. The number of anilines is 1. The second kappa shape index (κ2) is 6.39. The van der Waals surface area contributed by atoms with Crippen molar-refractivity contribution in [3.05, 3.63) is 36.2 Å². The molecule has 2 aromatic rings. The molecule has 0 radical (unpaired) electrons. The minimum absolute atomic E-state index is 0.105. The van der Waals surface area contributed by atoms with Crippen molar-refractivity contribution >= 4 is 17.6 Å². The molecule has 8 heteroatoms. The largest absolute Gasteiger partial charge is 0.486 e. The second-order valence-electron chi connectivity index (χ2n) is 4.90. The zero-order chi connectivity index (χ0) is 16.2. The average molecular weight is 317 g/mol. The Morgan fingerprint density at radius 3 is 2.78 bits per heavy atom. The van der Waals surface area contributed by atoms with E-state index in [1.165, 1.54) is 16.9 Å². The number of carboxylic acid groups (broad SMARTS) is 1. The molecule has 120 valence electrons. The lowest BCUT2D eigenvalue weighted by Crippen LogP contribution is -2.19. The first-order valence-electron chi connectivity index (χ1n) is 7.08. The van der Waals surface area contributed by atoms with Gasteiger partial charge in [0.15, 0.2) is 11.5 Å². The number of amides is 1. The maximum atomic E-state index is 12.3. The van der Waals surface area contributed by atoms with Crippen molar-refractivity contribution < 1.29 is 24.2 Å². The summed E-state index contributed by atoms with van der Waals surface area (Å²) in [6.45, 7) is 1.10. The van der Waals surface area contributed by atoms with Gasteiger partial charge in [0.25, 0.3) is 5.91 Å². The molecule has 23 heavy (non-hydrogen) atoms. The van der Waals surface area contributed by atoms with Gasteiger partial charge in [0.2, 0.25) is 0 Å². The first-order valence-corrected chi connectivity index (χ1v) is 7.08. The third kappa shape index (κ3) is 3.42. The third-order valence-electron chi connectivity index (χ3n) is 3.29. The number of nitrogens with zero attached hydrogens (tertiary/aromatic N) is 2. The molecule has 8 nitrogen and oxygen atoms in total. The van der Waals surface area contributed by atoms with Gasteiger partial charge in [-0.15, -0.1) is 0 Å². The molecule has 1 aromatic carbocycles. The number of benzene rings is 1. The van der Waals surface area contributed by atoms with Crippen LogP contribution >= 0.6 is 0 Å². The number of ether oxygens (including phenoxy) is 2. The molecular formula is C15H15N3O5. The Morgan fingerprint density at radius 1 is 1.22 bits per heavy atom. The smallest absolute Gasteiger partial charge is 0.305 e. The highest BCUT2D eigenvalue weighted by atomic mass is 16.6. The van der Waals surface area contributed by atoms with Crippen LogP contribution in [0.3, 0.4) is 0 Å². The molecule has 1 aliphatic rings. The zero-order valence-electron chi connectivity index (χ0n) is 12.2. The number of aliphatic carboxylic acids is 1. The first kappa shape index (κ1) is 14.9. The van der Waals surface area contributed by atoms with Crippen LogP contribution in [-0.2, 0) is 11.3 Å². The SMILES string of the molecule is O=C(O)CCn1nccc1C(=O)Nc1ccc2c(c1)OCCO2. The third-order valence-corrected chi connectivity index (χ3v) is 3.29. The normalized spacial score (nSPS) is 12.7. The zero-order valence-corrected chi connectivity index (χ0v) is 12.2. The molecule has 0 atom stereocenters. The van der Waals surface area contributed by atoms with E-state index in [9.17, 15) is 9.59 Å². The van der Waals surface area contributed by atoms with Crippen LogP contribution in [0, 0.1) is 0 Å². The summed E-state index contributed by atoms with van der Waals surface area (Å²) < 4.78 is 12.3. The van der Waals surface area contributed by atoms with E-state index in [4.69, 9.17) is 14.6 Å². The van der Waals surface area contributed by atoms with Gasteiger partial charge < -0.3 is 19.9 Å². The molecule has 2 heterocycles. The van der Waals surface area contributed by atoms with Gasteiger partial charge in [0.05, 0.1) is 13.0 Å². The molecule has 0 aliphatic carbocycles. The van der Waals surface area contributed by atoms with Crippen molar-refractivity contribution in [2.75, 3.05) is 18.5 Å². The predicted molar refractivity (Wildman–Crippen MR) is 79.9 cm³/mol. The minimum atomic E-state index is -0.946. The molecule has 0 fully saturated rings. The highest BCUT2D eigenvalue weighted by Crippen LogP contribution is 2.32. The number of hydrogen-bond acceptors (Lipinski definition) is 5. The lowest BCUT2D eigenvalue weighted by atomic mass is 10.2. The Morgan fingerprint density at radius 2 is 2.00 bits per heavy atom. The molecule has 0 saturated heterocycles. The molecule has 1 amide bonds. The van der Waals surface area contributed by atoms with Gasteiger partial charge in [-0.3, -0.25) is 14.3 Å². The van der Waals surface area contributed by atoms with E-state index >= 15 is 0 Å². The number of carboxylic acids is 1. The van der Waals surface area contributed by atoms with E-state index in [0.29, 0.717) is 36.1 Å². The van der Waals surface area contributed by atoms with E-state index in [-0.39, 0.29) is 18.9 Å². The lowest BCUT2D eigenvalue weighted by Gasteiger charge is -2.19. The van der Waals surface area contributed by atoms with Crippen molar-refractivity contribution in [3.63, 3.8) is 0 Å². The maximum Gasteiger partial charge on any atom is 0.305 e. The molecule has 3 rings (SSSR count). The summed E-state index contributed by atoms with van der Waals surface area (Å²) in [6, 6.07) is 6.66. The van der Waals surface area contributed by atoms with Gasteiger partial charge in [-0.25, -0.2) is 0 Å². The highest BCUT2D eigenvalue weighted by Gasteiger charge is 2.16. The van der Waals surface area contributed by atoms with E-state index in [2.05, 4.69) is 10.4 Å². The highest BCUT2D eigenvalue weighted by molar-refractivity contribution is 6.03. The number of hydrogen-bond donors (Lipinski definition) is 2.